The third kappa shape index (κ3) is 3.80. The van der Waals surface area contributed by atoms with Crippen LogP contribution in [0.3, 0.4) is 0 Å². The van der Waals surface area contributed by atoms with Gasteiger partial charge < -0.3 is 9.84 Å². The van der Waals surface area contributed by atoms with Gasteiger partial charge in [-0.3, -0.25) is 4.98 Å². The summed E-state index contributed by atoms with van der Waals surface area (Å²) in [5, 5.41) is 8.56. The van der Waals surface area contributed by atoms with Crippen LogP contribution in [0, 0.1) is 17.7 Å². The third-order valence-electron chi connectivity index (χ3n) is 2.40. The number of aliphatic hydroxyl groups is 1. The lowest BCUT2D eigenvalue weighted by atomic mass is 10.2. The van der Waals surface area contributed by atoms with Crippen LogP contribution in [0.5, 0.6) is 5.75 Å². The molecule has 0 bridgehead atoms. The Morgan fingerprint density at radius 2 is 2.00 bits per heavy atom. The summed E-state index contributed by atoms with van der Waals surface area (Å²) in [5.74, 6) is 4.89. The lowest BCUT2D eigenvalue weighted by Crippen LogP contribution is -1.96. The lowest BCUT2D eigenvalue weighted by Gasteiger charge is -2.06. The first-order chi connectivity index (χ1) is 9.29. The summed E-state index contributed by atoms with van der Waals surface area (Å²) < 4.78 is 19.1. The van der Waals surface area contributed by atoms with Crippen molar-refractivity contribution < 1.29 is 14.2 Å². The van der Waals surface area contributed by atoms with E-state index in [2.05, 4.69) is 16.8 Å². The van der Waals surface area contributed by atoms with Crippen molar-refractivity contribution >= 4 is 0 Å². The summed E-state index contributed by atoms with van der Waals surface area (Å²) in [5.41, 5.74) is 1.20. The first-order valence-corrected chi connectivity index (χ1v) is 5.70. The molecule has 0 aliphatic heterocycles. The van der Waals surface area contributed by atoms with Crippen LogP contribution in [-0.4, -0.2) is 16.7 Å². The fraction of sp³-hybridized carbons (Fsp3) is 0.133. The van der Waals surface area contributed by atoms with E-state index < -0.39 is 5.82 Å². The second-order valence-electron chi connectivity index (χ2n) is 3.75. The molecule has 1 N–H and O–H groups in total. The number of benzene rings is 1. The predicted octanol–water partition coefficient (Wildman–Crippen LogP) is 2.14. The Morgan fingerprint density at radius 1 is 1.21 bits per heavy atom. The minimum Gasteiger partial charge on any atom is -0.489 e. The maximum Gasteiger partial charge on any atom is 0.142 e. The fourth-order valence-corrected chi connectivity index (χ4v) is 1.47. The molecule has 0 unspecified atom stereocenters. The number of pyridine rings is 1. The van der Waals surface area contributed by atoms with E-state index in [0.717, 1.165) is 5.56 Å². The zero-order chi connectivity index (χ0) is 13.5. The maximum atomic E-state index is 13.6. The van der Waals surface area contributed by atoms with E-state index in [-0.39, 0.29) is 12.2 Å². The number of hydrogen-bond acceptors (Lipinski definition) is 3. The van der Waals surface area contributed by atoms with Gasteiger partial charge in [0.15, 0.2) is 0 Å². The van der Waals surface area contributed by atoms with Crippen molar-refractivity contribution in [2.75, 3.05) is 6.61 Å². The molecule has 96 valence electrons. The van der Waals surface area contributed by atoms with Gasteiger partial charge in [0.1, 0.15) is 24.8 Å². The largest absolute Gasteiger partial charge is 0.489 e. The van der Waals surface area contributed by atoms with Gasteiger partial charge in [0, 0.05) is 18.5 Å². The molecular weight excluding hydrogens is 245 g/mol. The van der Waals surface area contributed by atoms with Gasteiger partial charge in [0.25, 0.3) is 0 Å². The Balaban J connectivity index is 2.04. The zero-order valence-corrected chi connectivity index (χ0v) is 10.1. The molecule has 1 heterocycles. The summed E-state index contributed by atoms with van der Waals surface area (Å²) >= 11 is 0. The van der Waals surface area contributed by atoms with Crippen LogP contribution < -0.4 is 4.74 Å². The van der Waals surface area contributed by atoms with Crippen LogP contribution >= 0.6 is 0 Å². The Morgan fingerprint density at radius 3 is 2.68 bits per heavy atom. The Kier molecular flexibility index (Phi) is 4.49. The second kappa shape index (κ2) is 6.53. The highest BCUT2D eigenvalue weighted by molar-refractivity contribution is 5.39. The topological polar surface area (TPSA) is 42.4 Å². The van der Waals surface area contributed by atoms with E-state index in [0.29, 0.717) is 12.4 Å². The van der Waals surface area contributed by atoms with Gasteiger partial charge in [-0.2, -0.15) is 0 Å². The van der Waals surface area contributed by atoms with Crippen LogP contribution in [0.1, 0.15) is 11.1 Å². The Labute approximate surface area is 110 Å². The summed E-state index contributed by atoms with van der Waals surface area (Å²) in [6.07, 6.45) is 3.35. The molecule has 0 aliphatic carbocycles. The van der Waals surface area contributed by atoms with Crippen LogP contribution in [0.2, 0.25) is 0 Å². The van der Waals surface area contributed by atoms with E-state index in [9.17, 15) is 4.39 Å². The van der Waals surface area contributed by atoms with Crippen LogP contribution in [0.15, 0.2) is 42.7 Å². The normalized spacial score (nSPS) is 9.58. The number of halogens is 1. The Hall–Kier alpha value is -2.38. The quantitative estimate of drug-likeness (QED) is 0.857. The van der Waals surface area contributed by atoms with Crippen molar-refractivity contribution in [2.24, 2.45) is 0 Å². The van der Waals surface area contributed by atoms with Crippen LogP contribution in [0.25, 0.3) is 0 Å². The highest BCUT2D eigenvalue weighted by Gasteiger charge is 2.02. The molecule has 3 nitrogen and oxygen atoms in total. The van der Waals surface area contributed by atoms with Gasteiger partial charge in [-0.05, 0) is 29.8 Å². The molecular formula is C15H12FNO2. The molecule has 0 aliphatic rings. The SMILES string of the molecule is OCC#Cc1ccc(OCc2ccncc2)cc1F. The molecule has 0 radical (unpaired) electrons. The van der Waals surface area contributed by atoms with Gasteiger partial charge >= 0.3 is 0 Å². The molecule has 0 amide bonds. The molecule has 2 rings (SSSR count). The van der Waals surface area contributed by atoms with Crippen molar-refractivity contribution in [3.05, 3.63) is 59.7 Å². The average molecular weight is 257 g/mol. The van der Waals surface area contributed by atoms with Crippen molar-refractivity contribution in [1.29, 1.82) is 0 Å². The number of aromatic nitrogens is 1. The molecule has 19 heavy (non-hydrogen) atoms. The third-order valence-corrected chi connectivity index (χ3v) is 2.40. The van der Waals surface area contributed by atoms with E-state index in [4.69, 9.17) is 9.84 Å². The number of hydrogen-bond donors (Lipinski definition) is 1. The highest BCUT2D eigenvalue weighted by atomic mass is 19.1. The highest BCUT2D eigenvalue weighted by Crippen LogP contribution is 2.17. The first-order valence-electron chi connectivity index (χ1n) is 5.70. The minimum absolute atomic E-state index is 0.241. The number of nitrogens with zero attached hydrogens (tertiary/aromatic N) is 1. The van der Waals surface area contributed by atoms with Gasteiger partial charge in [-0.25, -0.2) is 4.39 Å². The standard InChI is InChI=1S/C15H12FNO2/c16-15-10-14(4-3-13(15)2-1-9-18)19-11-12-5-7-17-8-6-12/h3-8,10,18H,9,11H2. The van der Waals surface area contributed by atoms with Crippen molar-refractivity contribution in [3.8, 4) is 17.6 Å². The lowest BCUT2D eigenvalue weighted by molar-refractivity contribution is 0.304. The molecule has 0 saturated heterocycles. The summed E-state index contributed by atoms with van der Waals surface area (Å²) in [6.45, 7) is 0.0589. The molecule has 1 aromatic heterocycles. The van der Waals surface area contributed by atoms with Crippen LogP contribution in [0.4, 0.5) is 4.39 Å². The molecule has 0 fully saturated rings. The number of ether oxygens (including phenoxy) is 1. The maximum absolute atomic E-state index is 13.6. The monoisotopic (exact) mass is 257 g/mol. The van der Waals surface area contributed by atoms with E-state index >= 15 is 0 Å². The van der Waals surface area contributed by atoms with Crippen LogP contribution in [-0.2, 0) is 6.61 Å². The molecule has 2 aromatic rings. The fourth-order valence-electron chi connectivity index (χ4n) is 1.47. The summed E-state index contributed by atoms with van der Waals surface area (Å²) in [7, 11) is 0. The van der Waals surface area contributed by atoms with Gasteiger partial charge in [-0.1, -0.05) is 11.8 Å². The van der Waals surface area contributed by atoms with Gasteiger partial charge in [0.2, 0.25) is 0 Å². The first kappa shape index (κ1) is 13.1. The minimum atomic E-state index is -0.465. The molecule has 1 aromatic carbocycles. The molecule has 4 heteroatoms. The van der Waals surface area contributed by atoms with Crippen molar-refractivity contribution in [3.63, 3.8) is 0 Å². The number of aliphatic hydroxyl groups excluding tert-OH is 1. The van der Waals surface area contributed by atoms with E-state index in [1.54, 1.807) is 18.5 Å². The van der Waals surface area contributed by atoms with Gasteiger partial charge in [0.05, 0.1) is 5.56 Å². The average Bonchev–Trinajstić information content (AvgIpc) is 2.45. The summed E-state index contributed by atoms with van der Waals surface area (Å²) in [4.78, 5) is 3.90. The molecule has 0 atom stereocenters. The second-order valence-corrected chi connectivity index (χ2v) is 3.75. The van der Waals surface area contributed by atoms with Crippen molar-refractivity contribution in [1.82, 2.24) is 4.98 Å². The van der Waals surface area contributed by atoms with Crippen molar-refractivity contribution in [2.45, 2.75) is 6.61 Å². The van der Waals surface area contributed by atoms with Gasteiger partial charge in [-0.15, -0.1) is 0 Å². The summed E-state index contributed by atoms with van der Waals surface area (Å²) in [6, 6.07) is 8.11. The zero-order valence-electron chi connectivity index (χ0n) is 10.1. The predicted molar refractivity (Wildman–Crippen MR) is 68.9 cm³/mol. The smallest absolute Gasteiger partial charge is 0.142 e. The Bertz CT molecular complexity index is 603. The molecule has 0 spiro atoms. The van der Waals surface area contributed by atoms with E-state index in [1.807, 2.05) is 12.1 Å². The number of rotatable bonds is 3. The molecule has 0 saturated carbocycles. The van der Waals surface area contributed by atoms with E-state index in [1.165, 1.54) is 12.1 Å².